The van der Waals surface area contributed by atoms with Crippen LogP contribution in [0.4, 0.5) is 4.39 Å². The molecule has 0 N–H and O–H groups in total. The first-order valence-corrected chi connectivity index (χ1v) is 8.83. The van der Waals surface area contributed by atoms with Gasteiger partial charge in [0, 0.05) is 24.0 Å². The second-order valence-electron chi connectivity index (χ2n) is 4.32. The number of nitrogens with zero attached hydrogens (tertiary/aromatic N) is 1. The van der Waals surface area contributed by atoms with Gasteiger partial charge >= 0.3 is 0 Å². The Morgan fingerprint density at radius 3 is 2.55 bits per heavy atom. The summed E-state index contributed by atoms with van der Waals surface area (Å²) < 4.78 is 40.5. The monoisotopic (exact) mass is 377 g/mol. The molecule has 0 saturated carbocycles. The van der Waals surface area contributed by atoms with Crippen LogP contribution in [0.2, 0.25) is 0 Å². The summed E-state index contributed by atoms with van der Waals surface area (Å²) in [5.74, 6) is -0.405. The molecule has 0 unspecified atom stereocenters. The first kappa shape index (κ1) is 15.6. The average Bonchev–Trinajstić information content (AvgIpc) is 2.72. The molecular weight excluding hydrogens is 365 g/mol. The molecule has 2 aromatic rings. The number of thiophene rings is 1. The van der Waals surface area contributed by atoms with Crippen LogP contribution in [0, 0.1) is 12.7 Å². The van der Waals surface area contributed by atoms with E-state index in [-0.39, 0.29) is 11.4 Å². The van der Waals surface area contributed by atoms with Crippen LogP contribution in [0.15, 0.2) is 39.0 Å². The van der Waals surface area contributed by atoms with Gasteiger partial charge in [-0.1, -0.05) is 18.2 Å². The molecule has 0 saturated heterocycles. The van der Waals surface area contributed by atoms with E-state index in [0.29, 0.717) is 10.4 Å². The van der Waals surface area contributed by atoms with Crippen molar-refractivity contribution in [1.82, 2.24) is 4.31 Å². The van der Waals surface area contributed by atoms with Gasteiger partial charge in [-0.2, -0.15) is 4.31 Å². The number of aryl methyl sites for hydroxylation is 1. The second-order valence-corrected chi connectivity index (χ2v) is 8.97. The molecule has 0 radical (unpaired) electrons. The Labute approximate surface area is 130 Å². The number of benzene rings is 1. The summed E-state index contributed by atoms with van der Waals surface area (Å²) in [7, 11) is -2.17. The fraction of sp³-hybridized carbons (Fsp3) is 0.231. The predicted octanol–water partition coefficient (Wildman–Crippen LogP) is 3.78. The Hall–Kier alpha value is -0.760. The summed E-state index contributed by atoms with van der Waals surface area (Å²) in [5.41, 5.74) is 0.352. The largest absolute Gasteiger partial charge is 0.244 e. The molecule has 7 heteroatoms. The van der Waals surface area contributed by atoms with Crippen LogP contribution in [-0.4, -0.2) is 19.8 Å². The van der Waals surface area contributed by atoms with Crippen molar-refractivity contribution in [2.45, 2.75) is 18.4 Å². The normalized spacial score (nSPS) is 12.1. The molecule has 0 atom stereocenters. The minimum atomic E-state index is -3.62. The van der Waals surface area contributed by atoms with E-state index < -0.39 is 15.8 Å². The maximum absolute atomic E-state index is 13.6. The summed E-state index contributed by atoms with van der Waals surface area (Å²) in [6.07, 6.45) is 0. The summed E-state index contributed by atoms with van der Waals surface area (Å²) in [5, 5.41) is 0. The molecule has 0 aliphatic rings. The van der Waals surface area contributed by atoms with E-state index in [1.54, 1.807) is 31.2 Å². The quantitative estimate of drug-likeness (QED) is 0.812. The average molecular weight is 378 g/mol. The van der Waals surface area contributed by atoms with E-state index >= 15 is 0 Å². The molecule has 108 valence electrons. The SMILES string of the molecule is Cc1sc(Br)cc1S(=O)(=O)N(C)Cc1ccccc1F. The van der Waals surface area contributed by atoms with Crippen LogP contribution in [-0.2, 0) is 16.6 Å². The third kappa shape index (κ3) is 3.11. The van der Waals surface area contributed by atoms with Gasteiger partial charge in [0.2, 0.25) is 10.0 Å². The van der Waals surface area contributed by atoms with Crippen molar-refractivity contribution in [2.75, 3.05) is 7.05 Å². The van der Waals surface area contributed by atoms with Crippen molar-refractivity contribution in [1.29, 1.82) is 0 Å². The molecule has 1 aromatic carbocycles. The van der Waals surface area contributed by atoms with Gasteiger partial charge in [0.25, 0.3) is 0 Å². The maximum Gasteiger partial charge on any atom is 0.244 e. The molecule has 0 fully saturated rings. The highest BCUT2D eigenvalue weighted by Crippen LogP contribution is 2.31. The molecule has 20 heavy (non-hydrogen) atoms. The van der Waals surface area contributed by atoms with Crippen molar-refractivity contribution in [3.05, 3.63) is 50.4 Å². The maximum atomic E-state index is 13.6. The molecule has 0 amide bonds. The molecule has 2 rings (SSSR count). The number of hydrogen-bond acceptors (Lipinski definition) is 3. The summed E-state index contributed by atoms with van der Waals surface area (Å²) >= 11 is 4.64. The van der Waals surface area contributed by atoms with Gasteiger partial charge in [-0.15, -0.1) is 11.3 Å². The van der Waals surface area contributed by atoms with E-state index in [4.69, 9.17) is 0 Å². The van der Waals surface area contributed by atoms with Crippen LogP contribution in [0.25, 0.3) is 0 Å². The van der Waals surface area contributed by atoms with Gasteiger partial charge in [-0.25, -0.2) is 12.8 Å². The lowest BCUT2D eigenvalue weighted by Gasteiger charge is -2.17. The standard InChI is InChI=1S/C13H13BrFNO2S2/c1-9-12(7-13(14)19-9)20(17,18)16(2)8-10-5-3-4-6-11(10)15/h3-7H,8H2,1-2H3. The van der Waals surface area contributed by atoms with Crippen molar-refractivity contribution >= 4 is 37.3 Å². The Morgan fingerprint density at radius 2 is 2.00 bits per heavy atom. The van der Waals surface area contributed by atoms with Gasteiger partial charge in [0.05, 0.1) is 8.68 Å². The third-order valence-corrected chi connectivity index (χ3v) is 6.49. The first-order valence-electron chi connectivity index (χ1n) is 5.78. The Bertz CT molecular complexity index is 728. The van der Waals surface area contributed by atoms with Gasteiger partial charge < -0.3 is 0 Å². The number of halogens is 2. The highest BCUT2D eigenvalue weighted by Gasteiger charge is 2.25. The topological polar surface area (TPSA) is 37.4 Å². The lowest BCUT2D eigenvalue weighted by atomic mass is 10.2. The molecule has 1 aromatic heterocycles. The summed E-state index contributed by atoms with van der Waals surface area (Å²) in [4.78, 5) is 0.963. The highest BCUT2D eigenvalue weighted by molar-refractivity contribution is 9.11. The first-order chi connectivity index (χ1) is 9.32. The van der Waals surface area contributed by atoms with Gasteiger partial charge in [-0.3, -0.25) is 0 Å². The number of rotatable bonds is 4. The summed E-state index contributed by atoms with van der Waals surface area (Å²) in [6.45, 7) is 1.75. The minimum absolute atomic E-state index is 0.00190. The minimum Gasteiger partial charge on any atom is -0.207 e. The molecule has 0 bridgehead atoms. The Kier molecular flexibility index (Phi) is 4.63. The Morgan fingerprint density at radius 1 is 1.35 bits per heavy atom. The molecule has 0 aliphatic carbocycles. The van der Waals surface area contributed by atoms with Crippen LogP contribution < -0.4 is 0 Å². The lowest BCUT2D eigenvalue weighted by molar-refractivity contribution is 0.456. The van der Waals surface area contributed by atoms with Crippen molar-refractivity contribution in [3.8, 4) is 0 Å². The number of sulfonamides is 1. The van der Waals surface area contributed by atoms with E-state index in [1.807, 2.05) is 0 Å². The van der Waals surface area contributed by atoms with Crippen LogP contribution in [0.3, 0.4) is 0 Å². The van der Waals surface area contributed by atoms with E-state index in [2.05, 4.69) is 15.9 Å². The molecule has 1 heterocycles. The predicted molar refractivity (Wildman–Crippen MR) is 81.8 cm³/mol. The molecule has 3 nitrogen and oxygen atoms in total. The third-order valence-electron chi connectivity index (χ3n) is 2.88. The fourth-order valence-corrected chi connectivity index (χ4v) is 5.33. The van der Waals surface area contributed by atoms with Crippen molar-refractivity contribution in [3.63, 3.8) is 0 Å². The zero-order valence-electron chi connectivity index (χ0n) is 10.9. The van der Waals surface area contributed by atoms with E-state index in [0.717, 1.165) is 8.09 Å². The highest BCUT2D eigenvalue weighted by atomic mass is 79.9. The summed E-state index contributed by atoms with van der Waals surface area (Å²) in [6, 6.07) is 7.74. The van der Waals surface area contributed by atoms with Crippen LogP contribution in [0.5, 0.6) is 0 Å². The van der Waals surface area contributed by atoms with Gasteiger partial charge in [0.15, 0.2) is 0 Å². The van der Waals surface area contributed by atoms with Gasteiger partial charge in [-0.05, 0) is 35.0 Å². The van der Waals surface area contributed by atoms with Gasteiger partial charge in [0.1, 0.15) is 5.82 Å². The van der Waals surface area contributed by atoms with Crippen LogP contribution >= 0.6 is 27.3 Å². The smallest absolute Gasteiger partial charge is 0.207 e. The fourth-order valence-electron chi connectivity index (χ4n) is 1.81. The van der Waals surface area contributed by atoms with Crippen LogP contribution in [0.1, 0.15) is 10.4 Å². The van der Waals surface area contributed by atoms with Crippen molar-refractivity contribution in [2.24, 2.45) is 0 Å². The van der Waals surface area contributed by atoms with E-state index in [1.165, 1.54) is 24.5 Å². The van der Waals surface area contributed by atoms with Crippen molar-refractivity contribution < 1.29 is 12.8 Å². The molecule has 0 spiro atoms. The Balaban J connectivity index is 2.31. The zero-order valence-corrected chi connectivity index (χ0v) is 14.1. The van der Waals surface area contributed by atoms with E-state index in [9.17, 15) is 12.8 Å². The molecule has 0 aliphatic heterocycles. The second kappa shape index (κ2) is 5.93. The number of hydrogen-bond donors (Lipinski definition) is 0. The molecular formula is C13H13BrFNO2S2. The lowest BCUT2D eigenvalue weighted by Crippen LogP contribution is -2.27. The zero-order chi connectivity index (χ0) is 14.9.